The zero-order chi connectivity index (χ0) is 18.4. The molecule has 2 aromatic carbocycles. The van der Waals surface area contributed by atoms with Crippen molar-refractivity contribution < 1.29 is 22.7 Å². The van der Waals surface area contributed by atoms with Crippen LogP contribution in [-0.4, -0.2) is 46.4 Å². The average molecular weight is 364 g/mol. The van der Waals surface area contributed by atoms with Crippen molar-refractivity contribution >= 4 is 21.6 Å². The van der Waals surface area contributed by atoms with E-state index in [9.17, 15) is 13.2 Å². The predicted octanol–water partition coefficient (Wildman–Crippen LogP) is 1.96. The summed E-state index contributed by atoms with van der Waals surface area (Å²) in [5.41, 5.74) is 0.381. The summed E-state index contributed by atoms with van der Waals surface area (Å²) >= 11 is 0. The van der Waals surface area contributed by atoms with Crippen LogP contribution in [0, 0.1) is 0 Å². The molecule has 0 radical (unpaired) electrons. The highest BCUT2D eigenvalue weighted by molar-refractivity contribution is 7.89. The molecule has 0 aliphatic carbocycles. The molecule has 0 aliphatic heterocycles. The number of hydrogen-bond donors (Lipinski definition) is 1. The van der Waals surface area contributed by atoms with Crippen LogP contribution in [-0.2, 0) is 14.8 Å². The molecule has 25 heavy (non-hydrogen) atoms. The van der Waals surface area contributed by atoms with E-state index in [0.29, 0.717) is 17.2 Å². The number of benzene rings is 2. The number of nitrogens with zero attached hydrogens (tertiary/aromatic N) is 1. The van der Waals surface area contributed by atoms with Gasteiger partial charge in [0.25, 0.3) is 5.91 Å². The first-order valence-electron chi connectivity index (χ1n) is 7.42. The summed E-state index contributed by atoms with van der Waals surface area (Å²) in [4.78, 5) is 12.1. The van der Waals surface area contributed by atoms with Crippen molar-refractivity contribution in [1.82, 2.24) is 4.31 Å². The second kappa shape index (κ2) is 8.00. The zero-order valence-corrected chi connectivity index (χ0v) is 15.0. The van der Waals surface area contributed by atoms with E-state index in [-0.39, 0.29) is 11.5 Å². The Balaban J connectivity index is 1.98. The number of hydrogen-bond acceptors (Lipinski definition) is 5. The number of carbonyl (C=O) groups excluding carboxylic acids is 1. The molecular formula is C17H20N2O5S. The molecule has 0 atom stereocenters. The van der Waals surface area contributed by atoms with Gasteiger partial charge in [-0.15, -0.1) is 0 Å². The van der Waals surface area contributed by atoms with E-state index >= 15 is 0 Å². The monoisotopic (exact) mass is 364 g/mol. The standard InChI is InChI=1S/C17H20N2O5S/c1-19(2)25(21,22)16-6-4-5-13(11-16)18-17(20)12-24-15-9-7-14(23-3)8-10-15/h4-11H,12H2,1-3H3,(H,18,20). The number of methoxy groups -OCH3 is 1. The summed E-state index contributed by atoms with van der Waals surface area (Å²) < 4.78 is 35.8. The maximum Gasteiger partial charge on any atom is 0.262 e. The SMILES string of the molecule is COc1ccc(OCC(=O)Nc2cccc(S(=O)(=O)N(C)C)c2)cc1. The molecule has 7 nitrogen and oxygen atoms in total. The minimum Gasteiger partial charge on any atom is -0.497 e. The van der Waals surface area contributed by atoms with Crippen LogP contribution in [0.15, 0.2) is 53.4 Å². The molecule has 0 aromatic heterocycles. The van der Waals surface area contributed by atoms with Gasteiger partial charge in [-0.25, -0.2) is 12.7 Å². The van der Waals surface area contributed by atoms with Crippen molar-refractivity contribution in [2.45, 2.75) is 4.90 Å². The first-order chi connectivity index (χ1) is 11.8. The second-order valence-corrected chi connectivity index (χ2v) is 7.48. The number of anilines is 1. The molecule has 0 saturated heterocycles. The number of amides is 1. The van der Waals surface area contributed by atoms with E-state index in [1.807, 2.05) is 0 Å². The first kappa shape index (κ1) is 18.8. The van der Waals surface area contributed by atoms with Crippen LogP contribution in [0.4, 0.5) is 5.69 Å². The van der Waals surface area contributed by atoms with Crippen LogP contribution in [0.25, 0.3) is 0 Å². The van der Waals surface area contributed by atoms with E-state index in [2.05, 4.69) is 5.32 Å². The lowest BCUT2D eigenvalue weighted by Crippen LogP contribution is -2.23. The Morgan fingerprint density at radius 2 is 1.72 bits per heavy atom. The molecule has 0 saturated carbocycles. The molecule has 0 aliphatic rings. The van der Waals surface area contributed by atoms with Crippen molar-refractivity contribution in [3.63, 3.8) is 0 Å². The Kier molecular flexibility index (Phi) is 6.00. The second-order valence-electron chi connectivity index (χ2n) is 5.33. The molecule has 1 amide bonds. The minimum atomic E-state index is -3.56. The van der Waals surface area contributed by atoms with Gasteiger partial charge in [-0.3, -0.25) is 4.79 Å². The highest BCUT2D eigenvalue weighted by Gasteiger charge is 2.17. The molecule has 2 aromatic rings. The first-order valence-corrected chi connectivity index (χ1v) is 8.86. The van der Waals surface area contributed by atoms with Gasteiger partial charge in [0.05, 0.1) is 12.0 Å². The molecule has 8 heteroatoms. The summed E-state index contributed by atoms with van der Waals surface area (Å²) in [5.74, 6) is 0.825. The molecule has 0 bridgehead atoms. The largest absolute Gasteiger partial charge is 0.497 e. The Morgan fingerprint density at radius 1 is 1.08 bits per heavy atom. The van der Waals surface area contributed by atoms with Crippen molar-refractivity contribution in [3.8, 4) is 11.5 Å². The van der Waals surface area contributed by atoms with Crippen molar-refractivity contribution in [2.75, 3.05) is 33.1 Å². The lowest BCUT2D eigenvalue weighted by Gasteiger charge is -2.13. The number of nitrogens with one attached hydrogen (secondary N) is 1. The fraction of sp³-hybridized carbons (Fsp3) is 0.235. The van der Waals surface area contributed by atoms with Gasteiger partial charge in [0, 0.05) is 19.8 Å². The van der Waals surface area contributed by atoms with Crippen LogP contribution >= 0.6 is 0 Å². The molecule has 0 fully saturated rings. The predicted molar refractivity (Wildman–Crippen MR) is 94.4 cm³/mol. The van der Waals surface area contributed by atoms with Gasteiger partial charge in [-0.1, -0.05) is 6.07 Å². The number of carbonyl (C=O) groups is 1. The molecule has 1 N–H and O–H groups in total. The number of rotatable bonds is 7. The fourth-order valence-electron chi connectivity index (χ4n) is 1.96. The third kappa shape index (κ3) is 4.94. The Labute approximate surface area is 147 Å². The summed E-state index contributed by atoms with van der Waals surface area (Å²) in [6.45, 7) is -0.197. The lowest BCUT2D eigenvalue weighted by molar-refractivity contribution is -0.118. The van der Waals surface area contributed by atoms with E-state index in [1.165, 1.54) is 26.2 Å². The quantitative estimate of drug-likeness (QED) is 0.812. The Morgan fingerprint density at radius 3 is 2.32 bits per heavy atom. The molecular weight excluding hydrogens is 344 g/mol. The van der Waals surface area contributed by atoms with Crippen LogP contribution in [0.1, 0.15) is 0 Å². The maximum absolute atomic E-state index is 12.1. The van der Waals surface area contributed by atoms with Gasteiger partial charge in [0.1, 0.15) is 11.5 Å². The van der Waals surface area contributed by atoms with E-state index < -0.39 is 15.9 Å². The highest BCUT2D eigenvalue weighted by atomic mass is 32.2. The molecule has 0 unspecified atom stereocenters. The van der Waals surface area contributed by atoms with Gasteiger partial charge in [0.2, 0.25) is 10.0 Å². The van der Waals surface area contributed by atoms with Gasteiger partial charge in [-0.2, -0.15) is 0 Å². The van der Waals surface area contributed by atoms with Gasteiger partial charge in [-0.05, 0) is 42.5 Å². The van der Waals surface area contributed by atoms with Crippen molar-refractivity contribution in [3.05, 3.63) is 48.5 Å². The smallest absolute Gasteiger partial charge is 0.262 e. The zero-order valence-electron chi connectivity index (χ0n) is 14.2. The van der Waals surface area contributed by atoms with Crippen LogP contribution in [0.2, 0.25) is 0 Å². The Bertz CT molecular complexity index is 832. The molecule has 0 spiro atoms. The summed E-state index contributed by atoms with van der Waals surface area (Å²) in [7, 11) is 0.901. The van der Waals surface area contributed by atoms with Crippen LogP contribution < -0.4 is 14.8 Å². The lowest BCUT2D eigenvalue weighted by atomic mass is 10.3. The minimum absolute atomic E-state index is 0.103. The van der Waals surface area contributed by atoms with Gasteiger partial charge >= 0.3 is 0 Å². The topological polar surface area (TPSA) is 84.9 Å². The third-order valence-corrected chi connectivity index (χ3v) is 5.14. The van der Waals surface area contributed by atoms with Gasteiger partial charge < -0.3 is 14.8 Å². The highest BCUT2D eigenvalue weighted by Crippen LogP contribution is 2.19. The molecule has 2 rings (SSSR count). The van der Waals surface area contributed by atoms with Crippen LogP contribution in [0.5, 0.6) is 11.5 Å². The number of sulfonamides is 1. The molecule has 0 heterocycles. The van der Waals surface area contributed by atoms with Gasteiger partial charge in [0.15, 0.2) is 6.61 Å². The normalized spacial score (nSPS) is 11.2. The fourth-order valence-corrected chi connectivity index (χ4v) is 2.91. The summed E-state index contributed by atoms with van der Waals surface area (Å²) in [6, 6.07) is 12.9. The van der Waals surface area contributed by atoms with Crippen molar-refractivity contribution in [2.24, 2.45) is 0 Å². The third-order valence-electron chi connectivity index (χ3n) is 3.33. The molecule has 134 valence electrons. The van der Waals surface area contributed by atoms with E-state index in [4.69, 9.17) is 9.47 Å². The summed E-state index contributed by atoms with van der Waals surface area (Å²) in [6.07, 6.45) is 0. The van der Waals surface area contributed by atoms with Crippen molar-refractivity contribution in [1.29, 1.82) is 0 Å². The van der Waals surface area contributed by atoms with E-state index in [0.717, 1.165) is 4.31 Å². The maximum atomic E-state index is 12.1. The number of ether oxygens (including phenoxy) is 2. The Hall–Kier alpha value is -2.58. The average Bonchev–Trinajstić information content (AvgIpc) is 2.60. The van der Waals surface area contributed by atoms with Crippen LogP contribution in [0.3, 0.4) is 0 Å². The summed E-state index contributed by atoms with van der Waals surface area (Å²) in [5, 5.41) is 2.61. The van der Waals surface area contributed by atoms with E-state index in [1.54, 1.807) is 43.5 Å².